The average molecular weight is 480 g/mol. The summed E-state index contributed by atoms with van der Waals surface area (Å²) in [6, 6.07) is 11.2. The number of benzene rings is 1. The van der Waals surface area contributed by atoms with Gasteiger partial charge in [0.15, 0.2) is 0 Å². The number of hydrogen-bond acceptors (Lipinski definition) is 5. The van der Waals surface area contributed by atoms with Gasteiger partial charge in [-0.05, 0) is 49.9 Å². The molecular weight excluding hydrogens is 442 g/mol. The van der Waals surface area contributed by atoms with Gasteiger partial charge in [0, 0.05) is 37.2 Å². The summed E-state index contributed by atoms with van der Waals surface area (Å²) >= 11 is 0. The van der Waals surface area contributed by atoms with Gasteiger partial charge in [-0.25, -0.2) is 0 Å². The lowest BCUT2D eigenvalue weighted by Gasteiger charge is -2.42. The molecule has 1 saturated heterocycles. The number of carbonyl (C=O) groups excluding carboxylic acids is 2. The summed E-state index contributed by atoms with van der Waals surface area (Å²) in [7, 11) is 0. The Hall–Kier alpha value is -3.09. The van der Waals surface area contributed by atoms with Crippen LogP contribution < -0.4 is 9.47 Å². The van der Waals surface area contributed by atoms with Crippen LogP contribution in [0.5, 0.6) is 11.5 Å². The van der Waals surface area contributed by atoms with Crippen molar-refractivity contribution in [1.82, 2.24) is 14.8 Å². The number of para-hydroxylation sites is 1. The van der Waals surface area contributed by atoms with Crippen molar-refractivity contribution in [1.29, 1.82) is 0 Å². The number of ether oxygens (including phenoxy) is 2. The van der Waals surface area contributed by atoms with E-state index in [4.69, 9.17) is 9.47 Å². The minimum Gasteiger partial charge on any atom is -0.491 e. The SMILES string of the molecule is CC(C)C(=O)N1CCCCC2(COc3cccnc3)CCN(CC2)C(=O)c2ccccc2OCC1. The topological polar surface area (TPSA) is 72.0 Å². The third-order valence-electron chi connectivity index (χ3n) is 7.22. The van der Waals surface area contributed by atoms with Crippen molar-refractivity contribution in [2.24, 2.45) is 11.3 Å². The van der Waals surface area contributed by atoms with E-state index >= 15 is 0 Å². The minimum absolute atomic E-state index is 0.00426. The Bertz CT molecular complexity index is 987. The molecule has 1 aromatic carbocycles. The van der Waals surface area contributed by atoms with Gasteiger partial charge in [0.05, 0.1) is 24.9 Å². The zero-order valence-electron chi connectivity index (χ0n) is 20.9. The Morgan fingerprint density at radius 1 is 1.06 bits per heavy atom. The quantitative estimate of drug-likeness (QED) is 0.649. The third kappa shape index (κ3) is 6.32. The van der Waals surface area contributed by atoms with Crippen LogP contribution in [-0.2, 0) is 4.79 Å². The molecule has 4 heterocycles. The maximum atomic E-state index is 13.4. The zero-order chi connectivity index (χ0) is 24.7. The summed E-state index contributed by atoms with van der Waals surface area (Å²) in [6.45, 7) is 7.46. The highest BCUT2D eigenvalue weighted by atomic mass is 16.5. The molecule has 0 N–H and O–H groups in total. The van der Waals surface area contributed by atoms with Gasteiger partial charge in [0.2, 0.25) is 5.91 Å². The van der Waals surface area contributed by atoms with Gasteiger partial charge in [-0.15, -0.1) is 0 Å². The fourth-order valence-electron chi connectivity index (χ4n) is 5.02. The van der Waals surface area contributed by atoms with Crippen LogP contribution in [0.3, 0.4) is 0 Å². The van der Waals surface area contributed by atoms with Crippen molar-refractivity contribution in [2.75, 3.05) is 39.4 Å². The van der Waals surface area contributed by atoms with Gasteiger partial charge >= 0.3 is 0 Å². The first-order chi connectivity index (χ1) is 17.0. The van der Waals surface area contributed by atoms with Crippen molar-refractivity contribution in [3.63, 3.8) is 0 Å². The highest BCUT2D eigenvalue weighted by Crippen LogP contribution is 2.38. The normalized spacial score (nSPS) is 18.9. The minimum atomic E-state index is -0.0615. The molecule has 2 bridgehead atoms. The summed E-state index contributed by atoms with van der Waals surface area (Å²) in [4.78, 5) is 34.3. The number of piperidine rings is 1. The van der Waals surface area contributed by atoms with Crippen LogP contribution in [0.25, 0.3) is 0 Å². The molecule has 3 aliphatic rings. The lowest BCUT2D eigenvalue weighted by Crippen LogP contribution is -2.45. The smallest absolute Gasteiger partial charge is 0.257 e. The third-order valence-corrected chi connectivity index (χ3v) is 7.22. The van der Waals surface area contributed by atoms with E-state index in [0.717, 1.165) is 37.9 Å². The van der Waals surface area contributed by atoms with Crippen molar-refractivity contribution < 1.29 is 19.1 Å². The molecule has 1 fully saturated rings. The van der Waals surface area contributed by atoms with Gasteiger partial charge < -0.3 is 19.3 Å². The van der Waals surface area contributed by atoms with E-state index in [-0.39, 0.29) is 23.1 Å². The summed E-state index contributed by atoms with van der Waals surface area (Å²) in [5, 5.41) is 0. The number of fused-ring (bicyclic) bond motifs is 9. The number of nitrogens with zero attached hydrogens (tertiary/aromatic N) is 3. The number of rotatable bonds is 4. The second-order valence-corrected chi connectivity index (χ2v) is 10.1. The summed E-state index contributed by atoms with van der Waals surface area (Å²) in [5.74, 6) is 1.45. The molecule has 7 nitrogen and oxygen atoms in total. The Kier molecular flexibility index (Phi) is 8.26. The molecule has 0 atom stereocenters. The van der Waals surface area contributed by atoms with E-state index in [1.807, 2.05) is 60.0 Å². The molecule has 1 aromatic heterocycles. The standard InChI is InChI=1S/C28H37N3O4/c1-22(2)26(32)30-15-6-5-11-28(21-35-23-8-7-14-29-20-23)12-16-31(17-13-28)27(33)24-9-3-4-10-25(24)34-19-18-30/h3-4,7-10,14,20,22H,5-6,11-13,15-19,21H2,1-2H3. The van der Waals surface area contributed by atoms with Crippen molar-refractivity contribution >= 4 is 11.8 Å². The summed E-state index contributed by atoms with van der Waals surface area (Å²) < 4.78 is 12.2. The molecule has 5 rings (SSSR count). The fourth-order valence-corrected chi connectivity index (χ4v) is 5.02. The molecule has 0 unspecified atom stereocenters. The van der Waals surface area contributed by atoms with Gasteiger partial charge in [-0.3, -0.25) is 14.6 Å². The van der Waals surface area contributed by atoms with Crippen LogP contribution in [0.1, 0.15) is 56.3 Å². The van der Waals surface area contributed by atoms with E-state index in [9.17, 15) is 9.59 Å². The second-order valence-electron chi connectivity index (χ2n) is 10.1. The Balaban J connectivity index is 1.54. The number of amides is 2. The molecule has 3 aliphatic heterocycles. The predicted octanol–water partition coefficient (Wildman–Crippen LogP) is 4.43. The van der Waals surface area contributed by atoms with E-state index < -0.39 is 0 Å². The van der Waals surface area contributed by atoms with Gasteiger partial charge in [0.1, 0.15) is 18.1 Å². The molecule has 0 radical (unpaired) electrons. The maximum Gasteiger partial charge on any atom is 0.257 e. The first-order valence-electron chi connectivity index (χ1n) is 12.8. The van der Waals surface area contributed by atoms with Gasteiger partial charge in [0.25, 0.3) is 5.91 Å². The number of pyridine rings is 1. The molecule has 188 valence electrons. The molecule has 0 aliphatic carbocycles. The average Bonchev–Trinajstić information content (AvgIpc) is 2.89. The van der Waals surface area contributed by atoms with Crippen molar-refractivity contribution in [3.8, 4) is 11.5 Å². The first kappa shape index (κ1) is 25.0. The second kappa shape index (κ2) is 11.6. The Labute approximate surface area is 208 Å². The maximum absolute atomic E-state index is 13.4. The van der Waals surface area contributed by atoms with E-state index in [1.54, 1.807) is 12.4 Å². The molecule has 7 heteroatoms. The number of carbonyl (C=O) groups is 2. The van der Waals surface area contributed by atoms with E-state index in [0.29, 0.717) is 50.7 Å². The van der Waals surface area contributed by atoms with E-state index in [2.05, 4.69) is 4.98 Å². The molecule has 2 aromatic rings. The van der Waals surface area contributed by atoms with Gasteiger partial charge in [-0.1, -0.05) is 32.4 Å². The first-order valence-corrected chi connectivity index (χ1v) is 12.8. The summed E-state index contributed by atoms with van der Waals surface area (Å²) in [5.41, 5.74) is 0.582. The molecular formula is C28H37N3O4. The lowest BCUT2D eigenvalue weighted by atomic mass is 9.75. The lowest BCUT2D eigenvalue weighted by molar-refractivity contribution is -0.134. The largest absolute Gasteiger partial charge is 0.491 e. The zero-order valence-corrected chi connectivity index (χ0v) is 20.9. The summed E-state index contributed by atoms with van der Waals surface area (Å²) in [6.07, 6.45) is 8.21. The van der Waals surface area contributed by atoms with Crippen LogP contribution in [0.2, 0.25) is 0 Å². The van der Waals surface area contributed by atoms with Crippen LogP contribution in [0, 0.1) is 11.3 Å². The fraction of sp³-hybridized carbons (Fsp3) is 0.536. The van der Waals surface area contributed by atoms with Crippen LogP contribution in [-0.4, -0.2) is 66.0 Å². The Morgan fingerprint density at radius 2 is 1.86 bits per heavy atom. The van der Waals surface area contributed by atoms with Gasteiger partial charge in [-0.2, -0.15) is 0 Å². The molecule has 2 amide bonds. The highest BCUT2D eigenvalue weighted by molar-refractivity contribution is 5.97. The molecule has 0 saturated carbocycles. The Morgan fingerprint density at radius 3 is 2.60 bits per heavy atom. The highest BCUT2D eigenvalue weighted by Gasteiger charge is 2.37. The van der Waals surface area contributed by atoms with Crippen molar-refractivity contribution in [2.45, 2.75) is 46.0 Å². The van der Waals surface area contributed by atoms with Crippen LogP contribution in [0.15, 0.2) is 48.8 Å². The van der Waals surface area contributed by atoms with E-state index in [1.165, 1.54) is 0 Å². The van der Waals surface area contributed by atoms with Crippen LogP contribution >= 0.6 is 0 Å². The number of aromatic nitrogens is 1. The van der Waals surface area contributed by atoms with Crippen molar-refractivity contribution in [3.05, 3.63) is 54.4 Å². The van der Waals surface area contributed by atoms with Crippen LogP contribution in [0.4, 0.5) is 0 Å². The predicted molar refractivity (Wildman–Crippen MR) is 135 cm³/mol. The molecule has 0 spiro atoms. The number of hydrogen-bond donors (Lipinski definition) is 0. The monoisotopic (exact) mass is 479 g/mol. The molecule has 35 heavy (non-hydrogen) atoms.